The highest BCUT2D eigenvalue weighted by Gasteiger charge is 2.21. The van der Waals surface area contributed by atoms with Gasteiger partial charge >= 0.3 is 0 Å². The largest absolute Gasteiger partial charge is 0.378 e. The van der Waals surface area contributed by atoms with Gasteiger partial charge in [0, 0.05) is 38.4 Å². The number of morpholine rings is 1. The number of hydrogen-bond donors (Lipinski definition) is 0. The maximum absolute atomic E-state index is 5.55. The molecule has 0 spiro atoms. The highest BCUT2D eigenvalue weighted by atomic mass is 16.5. The van der Waals surface area contributed by atoms with Crippen molar-refractivity contribution in [2.75, 3.05) is 50.2 Å². The Morgan fingerprint density at radius 3 is 2.33 bits per heavy atom. The van der Waals surface area contributed by atoms with Crippen molar-refractivity contribution in [2.45, 2.75) is 0 Å². The summed E-state index contributed by atoms with van der Waals surface area (Å²) in [4.78, 5) is 14.2. The van der Waals surface area contributed by atoms with Crippen molar-refractivity contribution in [3.05, 3.63) is 60.8 Å². The summed E-state index contributed by atoms with van der Waals surface area (Å²) in [6.07, 6.45) is 1.87. The van der Waals surface area contributed by atoms with Gasteiger partial charge in [-0.15, -0.1) is 0 Å². The van der Waals surface area contributed by atoms with Crippen molar-refractivity contribution in [3.63, 3.8) is 0 Å². The van der Waals surface area contributed by atoms with Gasteiger partial charge in [-0.2, -0.15) is 5.10 Å². The molecule has 3 heterocycles. The average molecular weight is 400 g/mol. The second-order valence-electron chi connectivity index (χ2n) is 7.54. The Kier molecular flexibility index (Phi) is 4.80. The molecule has 7 nitrogen and oxygen atoms in total. The Morgan fingerprint density at radius 2 is 1.63 bits per heavy atom. The van der Waals surface area contributed by atoms with E-state index in [2.05, 4.69) is 39.2 Å². The van der Waals surface area contributed by atoms with E-state index in [4.69, 9.17) is 14.7 Å². The van der Waals surface area contributed by atoms with Gasteiger partial charge in [0.1, 0.15) is 5.82 Å². The lowest BCUT2D eigenvalue weighted by molar-refractivity contribution is 0.122. The van der Waals surface area contributed by atoms with Gasteiger partial charge in [0.15, 0.2) is 11.5 Å². The summed E-state index contributed by atoms with van der Waals surface area (Å²) >= 11 is 0. The van der Waals surface area contributed by atoms with E-state index in [1.807, 2.05) is 55.3 Å². The van der Waals surface area contributed by atoms with Crippen molar-refractivity contribution in [2.24, 2.45) is 0 Å². The Morgan fingerprint density at radius 1 is 0.900 bits per heavy atom. The third kappa shape index (κ3) is 3.37. The number of anilines is 2. The van der Waals surface area contributed by atoms with E-state index in [0.29, 0.717) is 19.0 Å². The van der Waals surface area contributed by atoms with E-state index in [1.54, 1.807) is 0 Å². The van der Waals surface area contributed by atoms with Gasteiger partial charge < -0.3 is 14.5 Å². The zero-order chi connectivity index (χ0) is 20.5. The second-order valence-corrected chi connectivity index (χ2v) is 7.54. The first-order valence-electron chi connectivity index (χ1n) is 10.1. The number of ether oxygens (including phenoxy) is 1. The predicted molar refractivity (Wildman–Crippen MR) is 119 cm³/mol. The fourth-order valence-electron chi connectivity index (χ4n) is 3.71. The van der Waals surface area contributed by atoms with Crippen molar-refractivity contribution in [1.29, 1.82) is 0 Å². The maximum atomic E-state index is 5.55. The molecule has 1 fully saturated rings. The molecule has 2 aromatic heterocycles. The minimum atomic E-state index is 0.700. The van der Waals surface area contributed by atoms with E-state index < -0.39 is 0 Å². The summed E-state index contributed by atoms with van der Waals surface area (Å²) in [5.41, 5.74) is 3.91. The standard InChI is InChI=1S/C23H24N6O/c1-27(2)18-10-8-17(9-11-18)21-25-22(28-12-14-30-15-13-28)20-16-24-29(23(20)26-21)19-6-4-3-5-7-19/h3-11,16H,12-15H2,1-2H3. The lowest BCUT2D eigenvalue weighted by Gasteiger charge is -2.28. The van der Waals surface area contributed by atoms with Crippen molar-refractivity contribution in [3.8, 4) is 17.1 Å². The summed E-state index contributed by atoms with van der Waals surface area (Å²) in [7, 11) is 4.07. The first-order valence-corrected chi connectivity index (χ1v) is 10.1. The summed E-state index contributed by atoms with van der Waals surface area (Å²) in [5.74, 6) is 1.61. The smallest absolute Gasteiger partial charge is 0.169 e. The summed E-state index contributed by atoms with van der Waals surface area (Å²) < 4.78 is 7.44. The second kappa shape index (κ2) is 7.76. The third-order valence-electron chi connectivity index (χ3n) is 5.36. The van der Waals surface area contributed by atoms with Crippen LogP contribution in [0.15, 0.2) is 60.8 Å². The van der Waals surface area contributed by atoms with Gasteiger partial charge in [-0.1, -0.05) is 18.2 Å². The molecule has 7 heteroatoms. The molecule has 152 valence electrons. The molecule has 0 aliphatic carbocycles. The molecule has 0 N–H and O–H groups in total. The topological polar surface area (TPSA) is 59.3 Å². The fourth-order valence-corrected chi connectivity index (χ4v) is 3.71. The Bertz CT molecular complexity index is 1150. The number of nitrogens with zero attached hydrogens (tertiary/aromatic N) is 6. The molecule has 0 amide bonds. The molecule has 0 atom stereocenters. The van der Waals surface area contributed by atoms with Gasteiger partial charge in [0.25, 0.3) is 0 Å². The molecular weight excluding hydrogens is 376 g/mol. The van der Waals surface area contributed by atoms with Crippen LogP contribution in [0.5, 0.6) is 0 Å². The molecular formula is C23H24N6O. The average Bonchev–Trinajstić information content (AvgIpc) is 3.24. The monoisotopic (exact) mass is 400 g/mol. The molecule has 0 bridgehead atoms. The summed E-state index contributed by atoms with van der Waals surface area (Å²) in [5, 5.41) is 5.60. The van der Waals surface area contributed by atoms with Crippen LogP contribution in [0, 0.1) is 0 Å². The van der Waals surface area contributed by atoms with Crippen LogP contribution in [0.3, 0.4) is 0 Å². The van der Waals surface area contributed by atoms with Gasteiger partial charge in [-0.3, -0.25) is 0 Å². The molecule has 1 aliphatic heterocycles. The SMILES string of the molecule is CN(C)c1ccc(-c2nc(N3CCOCC3)c3cnn(-c4ccccc4)c3n2)cc1. The normalized spacial score (nSPS) is 14.3. The van der Waals surface area contributed by atoms with E-state index in [9.17, 15) is 0 Å². The number of benzene rings is 2. The summed E-state index contributed by atoms with van der Waals surface area (Å²) in [6.45, 7) is 3.01. The minimum absolute atomic E-state index is 0.700. The molecule has 0 saturated carbocycles. The molecule has 5 rings (SSSR count). The quantitative estimate of drug-likeness (QED) is 0.523. The lowest BCUT2D eigenvalue weighted by atomic mass is 10.2. The Balaban J connectivity index is 1.68. The van der Waals surface area contributed by atoms with Crippen LogP contribution in [-0.4, -0.2) is 60.1 Å². The van der Waals surface area contributed by atoms with Crippen LogP contribution in [-0.2, 0) is 4.74 Å². The number of fused-ring (bicyclic) bond motifs is 1. The number of para-hydroxylation sites is 1. The number of hydrogen-bond acceptors (Lipinski definition) is 6. The maximum Gasteiger partial charge on any atom is 0.169 e. The highest BCUT2D eigenvalue weighted by Crippen LogP contribution is 2.30. The van der Waals surface area contributed by atoms with Crippen LogP contribution in [0.1, 0.15) is 0 Å². The minimum Gasteiger partial charge on any atom is -0.378 e. The van der Waals surface area contributed by atoms with E-state index in [0.717, 1.165) is 46.9 Å². The number of rotatable bonds is 4. The lowest BCUT2D eigenvalue weighted by Crippen LogP contribution is -2.37. The van der Waals surface area contributed by atoms with Gasteiger partial charge in [0.05, 0.1) is 30.5 Å². The molecule has 30 heavy (non-hydrogen) atoms. The van der Waals surface area contributed by atoms with Crippen LogP contribution >= 0.6 is 0 Å². The fraction of sp³-hybridized carbons (Fsp3) is 0.261. The predicted octanol–water partition coefficient (Wildman–Crippen LogP) is 3.39. The van der Waals surface area contributed by atoms with Crippen LogP contribution in [0.2, 0.25) is 0 Å². The molecule has 1 saturated heterocycles. The zero-order valence-electron chi connectivity index (χ0n) is 17.2. The number of aromatic nitrogens is 4. The third-order valence-corrected chi connectivity index (χ3v) is 5.36. The van der Waals surface area contributed by atoms with E-state index in [1.165, 1.54) is 0 Å². The molecule has 0 radical (unpaired) electrons. The van der Waals surface area contributed by atoms with Crippen molar-refractivity contribution in [1.82, 2.24) is 19.7 Å². The first-order chi connectivity index (χ1) is 14.7. The van der Waals surface area contributed by atoms with Crippen LogP contribution in [0.4, 0.5) is 11.5 Å². The first kappa shape index (κ1) is 18.6. The Labute approximate surface area is 175 Å². The van der Waals surface area contributed by atoms with Gasteiger partial charge in [-0.25, -0.2) is 14.6 Å². The Hall–Kier alpha value is -3.45. The van der Waals surface area contributed by atoms with Gasteiger partial charge in [0.2, 0.25) is 0 Å². The zero-order valence-corrected chi connectivity index (χ0v) is 17.2. The van der Waals surface area contributed by atoms with Gasteiger partial charge in [-0.05, 0) is 36.4 Å². The van der Waals surface area contributed by atoms with Crippen LogP contribution < -0.4 is 9.80 Å². The summed E-state index contributed by atoms with van der Waals surface area (Å²) in [6, 6.07) is 18.4. The highest BCUT2D eigenvalue weighted by molar-refractivity contribution is 5.89. The molecule has 0 unspecified atom stereocenters. The van der Waals surface area contributed by atoms with Crippen molar-refractivity contribution >= 4 is 22.5 Å². The molecule has 1 aliphatic rings. The van der Waals surface area contributed by atoms with Crippen molar-refractivity contribution < 1.29 is 4.74 Å². The van der Waals surface area contributed by atoms with E-state index in [-0.39, 0.29) is 0 Å². The van der Waals surface area contributed by atoms with E-state index >= 15 is 0 Å². The van der Waals surface area contributed by atoms with Crippen LogP contribution in [0.25, 0.3) is 28.1 Å². The molecule has 4 aromatic rings. The molecule has 2 aromatic carbocycles.